The molecule has 1 saturated heterocycles. The molecule has 2 aromatic rings. The van der Waals surface area contributed by atoms with Crippen molar-refractivity contribution in [2.24, 2.45) is 5.92 Å². The molecular formula is C23H25F3N2O3S. The van der Waals surface area contributed by atoms with Gasteiger partial charge in [0.25, 0.3) is 0 Å². The largest absolute Gasteiger partial charge is 0.573 e. The van der Waals surface area contributed by atoms with Crippen molar-refractivity contribution >= 4 is 23.6 Å². The summed E-state index contributed by atoms with van der Waals surface area (Å²) in [6.45, 7) is 5.74. The Morgan fingerprint density at radius 3 is 2.25 bits per heavy atom. The van der Waals surface area contributed by atoms with Gasteiger partial charge in [0, 0.05) is 35.8 Å². The van der Waals surface area contributed by atoms with Crippen LogP contribution in [0.5, 0.6) is 5.75 Å². The summed E-state index contributed by atoms with van der Waals surface area (Å²) in [4.78, 5) is 14.6. The number of hydrogen-bond acceptors (Lipinski definition) is 5. The first kappa shape index (κ1) is 22.8. The van der Waals surface area contributed by atoms with E-state index in [1.807, 2.05) is 6.07 Å². The molecule has 0 amide bonds. The van der Waals surface area contributed by atoms with Crippen LogP contribution in [0.4, 0.5) is 18.9 Å². The fourth-order valence-corrected chi connectivity index (χ4v) is 5.57. The minimum atomic E-state index is -4.69. The zero-order valence-corrected chi connectivity index (χ0v) is 18.6. The van der Waals surface area contributed by atoms with Crippen molar-refractivity contribution in [1.29, 1.82) is 0 Å². The third-order valence-electron chi connectivity index (χ3n) is 5.94. The molecule has 0 saturated carbocycles. The topological polar surface area (TPSA) is 53.0 Å². The van der Waals surface area contributed by atoms with Crippen LogP contribution in [0, 0.1) is 5.92 Å². The van der Waals surface area contributed by atoms with Crippen LogP contribution in [0.15, 0.2) is 47.4 Å². The Labute approximate surface area is 189 Å². The molecule has 0 spiro atoms. The molecule has 1 fully saturated rings. The number of alkyl halides is 3. The van der Waals surface area contributed by atoms with Gasteiger partial charge in [-0.05, 0) is 86.2 Å². The van der Waals surface area contributed by atoms with Crippen LogP contribution in [0.25, 0.3) is 0 Å². The van der Waals surface area contributed by atoms with Gasteiger partial charge >= 0.3 is 12.3 Å². The Bertz CT molecular complexity index is 971. The zero-order valence-electron chi connectivity index (χ0n) is 17.8. The van der Waals surface area contributed by atoms with Crippen molar-refractivity contribution in [3.05, 3.63) is 53.6 Å². The van der Waals surface area contributed by atoms with E-state index in [0.717, 1.165) is 34.8 Å². The second-order valence-electron chi connectivity index (χ2n) is 8.47. The van der Waals surface area contributed by atoms with Crippen LogP contribution in [-0.2, 0) is 17.6 Å². The molecule has 2 aromatic carbocycles. The number of carboxylic acids is 1. The van der Waals surface area contributed by atoms with Crippen LogP contribution in [0.1, 0.15) is 25.0 Å². The van der Waals surface area contributed by atoms with Crippen LogP contribution >= 0.6 is 11.9 Å². The predicted molar refractivity (Wildman–Crippen MR) is 117 cm³/mol. The van der Waals surface area contributed by atoms with E-state index in [-0.39, 0.29) is 23.8 Å². The highest BCUT2D eigenvalue weighted by Gasteiger charge is 2.33. The molecular weight excluding hydrogens is 441 g/mol. The monoisotopic (exact) mass is 466 g/mol. The van der Waals surface area contributed by atoms with Gasteiger partial charge in [-0.2, -0.15) is 0 Å². The number of nitrogens with zero attached hydrogens (tertiary/aromatic N) is 2. The van der Waals surface area contributed by atoms with Crippen molar-refractivity contribution in [2.45, 2.75) is 50.0 Å². The maximum absolute atomic E-state index is 12.4. The molecule has 1 aliphatic carbocycles. The van der Waals surface area contributed by atoms with Gasteiger partial charge in [-0.1, -0.05) is 6.07 Å². The van der Waals surface area contributed by atoms with Gasteiger partial charge in [0.1, 0.15) is 5.75 Å². The van der Waals surface area contributed by atoms with Crippen molar-refractivity contribution < 1.29 is 27.8 Å². The zero-order chi connectivity index (χ0) is 23.0. The Hall–Kier alpha value is -2.39. The lowest BCUT2D eigenvalue weighted by Crippen LogP contribution is -2.53. The van der Waals surface area contributed by atoms with Gasteiger partial charge in [-0.25, -0.2) is 4.31 Å². The standard InChI is InChI=1S/C23H25F3N2O3S/c1-14-12-27(19-4-6-20(7-5-19)31-23(24,25)26)13-15(2)28(14)32-21-8-3-16-9-18(22(29)30)10-17(16)11-21/h3-8,11,14-15,18H,9-10,12-13H2,1-2H3,(H,29,30). The van der Waals surface area contributed by atoms with E-state index in [1.165, 1.54) is 12.1 Å². The summed E-state index contributed by atoms with van der Waals surface area (Å²) >= 11 is 1.68. The van der Waals surface area contributed by atoms with E-state index < -0.39 is 12.3 Å². The molecule has 2 aliphatic rings. The van der Waals surface area contributed by atoms with Crippen molar-refractivity contribution in [3.8, 4) is 5.75 Å². The molecule has 1 heterocycles. The lowest BCUT2D eigenvalue weighted by Gasteiger charge is -2.44. The fraction of sp³-hybridized carbons (Fsp3) is 0.435. The molecule has 0 radical (unpaired) electrons. The normalized spacial score (nSPS) is 23.8. The van der Waals surface area contributed by atoms with E-state index in [9.17, 15) is 23.1 Å². The Morgan fingerprint density at radius 2 is 1.66 bits per heavy atom. The van der Waals surface area contributed by atoms with Gasteiger partial charge < -0.3 is 14.7 Å². The number of ether oxygens (including phenoxy) is 1. The van der Waals surface area contributed by atoms with Crippen LogP contribution in [0.3, 0.4) is 0 Å². The molecule has 3 atom stereocenters. The number of aliphatic carboxylic acids is 1. The highest BCUT2D eigenvalue weighted by atomic mass is 32.2. The third kappa shape index (κ3) is 5.15. The van der Waals surface area contributed by atoms with Crippen molar-refractivity contribution in [1.82, 2.24) is 4.31 Å². The third-order valence-corrected chi connectivity index (χ3v) is 7.34. The number of hydrogen-bond donors (Lipinski definition) is 1. The second kappa shape index (κ2) is 8.86. The summed E-state index contributed by atoms with van der Waals surface area (Å²) in [5, 5.41) is 9.29. The van der Waals surface area contributed by atoms with Gasteiger partial charge in [-0.3, -0.25) is 4.79 Å². The van der Waals surface area contributed by atoms with Crippen LogP contribution in [0.2, 0.25) is 0 Å². The van der Waals surface area contributed by atoms with Crippen molar-refractivity contribution in [3.63, 3.8) is 0 Å². The Balaban J connectivity index is 1.40. The summed E-state index contributed by atoms with van der Waals surface area (Å²) < 4.78 is 43.4. The average molecular weight is 467 g/mol. The Kier molecular flexibility index (Phi) is 6.31. The molecule has 9 heteroatoms. The summed E-state index contributed by atoms with van der Waals surface area (Å²) in [7, 11) is 0. The predicted octanol–water partition coefficient (Wildman–Crippen LogP) is 4.99. The van der Waals surface area contributed by atoms with E-state index in [0.29, 0.717) is 12.8 Å². The number of rotatable bonds is 5. The quantitative estimate of drug-likeness (QED) is 0.627. The first-order chi connectivity index (χ1) is 15.1. The summed E-state index contributed by atoms with van der Waals surface area (Å²) in [6, 6.07) is 12.6. The lowest BCUT2D eigenvalue weighted by atomic mass is 10.1. The first-order valence-corrected chi connectivity index (χ1v) is 11.3. The molecule has 5 nitrogen and oxygen atoms in total. The molecule has 3 unspecified atom stereocenters. The highest BCUT2D eigenvalue weighted by molar-refractivity contribution is 7.97. The van der Waals surface area contributed by atoms with Gasteiger partial charge in [0.2, 0.25) is 0 Å². The highest BCUT2D eigenvalue weighted by Crippen LogP contribution is 2.36. The molecule has 1 aliphatic heterocycles. The average Bonchev–Trinajstić information content (AvgIpc) is 3.14. The minimum Gasteiger partial charge on any atom is -0.481 e. The number of carboxylic acid groups (broad SMARTS) is 1. The van der Waals surface area contributed by atoms with Crippen LogP contribution in [-0.4, -0.2) is 46.9 Å². The number of halogens is 3. The van der Waals surface area contributed by atoms with E-state index >= 15 is 0 Å². The summed E-state index contributed by atoms with van der Waals surface area (Å²) in [5.41, 5.74) is 3.09. The minimum absolute atomic E-state index is 0.204. The fourth-order valence-electron chi connectivity index (χ4n) is 4.50. The van der Waals surface area contributed by atoms with Crippen LogP contribution < -0.4 is 9.64 Å². The number of anilines is 1. The summed E-state index contributed by atoms with van der Waals surface area (Å²) in [6.07, 6.45) is -3.53. The first-order valence-electron chi connectivity index (χ1n) is 10.5. The lowest BCUT2D eigenvalue weighted by molar-refractivity contribution is -0.274. The SMILES string of the molecule is CC1CN(c2ccc(OC(F)(F)F)cc2)CC(C)N1Sc1ccc2c(c1)CC(C(=O)O)C2. The maximum Gasteiger partial charge on any atom is 0.573 e. The maximum atomic E-state index is 12.4. The molecule has 1 N–H and O–H groups in total. The molecule has 172 valence electrons. The second-order valence-corrected chi connectivity index (χ2v) is 9.55. The molecule has 4 rings (SSSR count). The van der Waals surface area contributed by atoms with Gasteiger partial charge in [-0.15, -0.1) is 13.2 Å². The number of benzene rings is 2. The molecule has 32 heavy (non-hydrogen) atoms. The molecule has 0 aromatic heterocycles. The smallest absolute Gasteiger partial charge is 0.481 e. The van der Waals surface area contributed by atoms with E-state index in [2.05, 4.69) is 39.9 Å². The van der Waals surface area contributed by atoms with E-state index in [4.69, 9.17) is 0 Å². The molecule has 0 bridgehead atoms. The number of fused-ring (bicyclic) bond motifs is 1. The summed E-state index contributed by atoms with van der Waals surface area (Å²) in [5.74, 6) is -1.30. The number of piperazine rings is 1. The van der Waals surface area contributed by atoms with Gasteiger partial charge in [0.15, 0.2) is 0 Å². The Morgan fingerprint density at radius 1 is 1.03 bits per heavy atom. The van der Waals surface area contributed by atoms with E-state index in [1.54, 1.807) is 24.1 Å². The van der Waals surface area contributed by atoms with Crippen molar-refractivity contribution in [2.75, 3.05) is 18.0 Å². The number of carbonyl (C=O) groups is 1. The van der Waals surface area contributed by atoms with Gasteiger partial charge in [0.05, 0.1) is 5.92 Å².